The topological polar surface area (TPSA) is 59.0 Å². The van der Waals surface area contributed by atoms with Crippen molar-refractivity contribution in [3.8, 4) is 5.69 Å². The number of hydrogen-bond donors (Lipinski definition) is 2. The molecule has 3 aromatic rings. The molecule has 2 N–H and O–H groups in total. The number of halogens is 1. The summed E-state index contributed by atoms with van der Waals surface area (Å²) >= 11 is 1.41. The van der Waals surface area contributed by atoms with E-state index in [-0.39, 0.29) is 11.7 Å². The maximum absolute atomic E-state index is 13.2. The number of carbonyl (C=O) groups excluding carboxylic acids is 1. The molecule has 1 aliphatic rings. The van der Waals surface area contributed by atoms with E-state index in [2.05, 4.69) is 15.7 Å². The van der Waals surface area contributed by atoms with Crippen molar-refractivity contribution in [3.63, 3.8) is 0 Å². The Bertz CT molecular complexity index is 909. The van der Waals surface area contributed by atoms with Crippen molar-refractivity contribution in [2.45, 2.75) is 25.8 Å². The Hall–Kier alpha value is -2.25. The van der Waals surface area contributed by atoms with E-state index >= 15 is 0 Å². The fraction of sp³-hybridized carbons (Fsp3) is 0.333. The van der Waals surface area contributed by atoms with E-state index < -0.39 is 0 Å². The van der Waals surface area contributed by atoms with Crippen LogP contribution in [0.2, 0.25) is 0 Å². The molecular weight excluding hydrogens is 339 g/mol. The molecule has 1 amide bonds. The Labute approximate surface area is 148 Å². The van der Waals surface area contributed by atoms with Crippen LogP contribution >= 0.6 is 11.3 Å². The number of carbonyl (C=O) groups is 1. The summed E-state index contributed by atoms with van der Waals surface area (Å²) in [6.45, 7) is 3.59. The van der Waals surface area contributed by atoms with Gasteiger partial charge in [-0.15, -0.1) is 11.3 Å². The molecule has 1 atom stereocenters. The molecule has 0 aliphatic carbocycles. The monoisotopic (exact) mass is 358 g/mol. The van der Waals surface area contributed by atoms with Crippen LogP contribution in [0.5, 0.6) is 0 Å². The van der Waals surface area contributed by atoms with Gasteiger partial charge in [-0.1, -0.05) is 0 Å². The first kappa shape index (κ1) is 16.2. The lowest BCUT2D eigenvalue weighted by Crippen LogP contribution is -2.36. The summed E-state index contributed by atoms with van der Waals surface area (Å²) < 4.78 is 14.9. The number of aromatic nitrogens is 2. The number of nitrogens with one attached hydrogen (secondary N) is 2. The first-order valence-corrected chi connectivity index (χ1v) is 9.20. The molecule has 4 rings (SSSR count). The first-order valence-electron chi connectivity index (χ1n) is 8.38. The van der Waals surface area contributed by atoms with Gasteiger partial charge in [0.05, 0.1) is 16.3 Å². The Morgan fingerprint density at radius 1 is 1.44 bits per heavy atom. The minimum Gasteiger partial charge on any atom is -0.350 e. The van der Waals surface area contributed by atoms with Gasteiger partial charge in [-0.3, -0.25) is 4.79 Å². The molecule has 0 radical (unpaired) electrons. The quantitative estimate of drug-likeness (QED) is 0.754. The largest absolute Gasteiger partial charge is 0.350 e. The maximum Gasteiger partial charge on any atom is 0.261 e. The van der Waals surface area contributed by atoms with Crippen molar-refractivity contribution in [2.24, 2.45) is 0 Å². The average Bonchev–Trinajstić information content (AvgIpc) is 3.32. The van der Waals surface area contributed by atoms with Gasteiger partial charge in [-0.05, 0) is 56.6 Å². The molecule has 3 heterocycles. The van der Waals surface area contributed by atoms with E-state index in [4.69, 9.17) is 0 Å². The lowest BCUT2D eigenvalue weighted by atomic mass is 10.2. The Morgan fingerprint density at radius 3 is 2.96 bits per heavy atom. The number of thiophene rings is 1. The standard InChI is InChI=1S/C18H19FN4OS/c1-11-15-9-16(17(24)21-10-13-3-2-8-20-13)25-18(15)23(22-11)14-6-4-12(19)5-7-14/h4-7,9,13,20H,2-3,8,10H2,1H3,(H,21,24). The maximum atomic E-state index is 13.2. The van der Waals surface area contributed by atoms with Gasteiger partial charge < -0.3 is 10.6 Å². The molecule has 0 spiro atoms. The van der Waals surface area contributed by atoms with Crippen molar-refractivity contribution in [3.05, 3.63) is 46.7 Å². The second-order valence-electron chi connectivity index (χ2n) is 6.31. The summed E-state index contributed by atoms with van der Waals surface area (Å²) in [6.07, 6.45) is 2.27. The Morgan fingerprint density at radius 2 is 2.24 bits per heavy atom. The highest BCUT2D eigenvalue weighted by molar-refractivity contribution is 7.20. The third-order valence-electron chi connectivity index (χ3n) is 4.51. The van der Waals surface area contributed by atoms with Gasteiger partial charge >= 0.3 is 0 Å². The first-order chi connectivity index (χ1) is 12.1. The van der Waals surface area contributed by atoms with Crippen LogP contribution in [-0.4, -0.2) is 34.8 Å². The number of amides is 1. The van der Waals surface area contributed by atoms with E-state index in [0.717, 1.165) is 41.0 Å². The summed E-state index contributed by atoms with van der Waals surface area (Å²) in [6, 6.07) is 8.45. The van der Waals surface area contributed by atoms with E-state index in [1.165, 1.54) is 23.5 Å². The lowest BCUT2D eigenvalue weighted by molar-refractivity contribution is 0.0954. The van der Waals surface area contributed by atoms with Crippen LogP contribution in [-0.2, 0) is 0 Å². The molecule has 1 fully saturated rings. The van der Waals surface area contributed by atoms with Gasteiger partial charge in [0.2, 0.25) is 0 Å². The molecule has 1 aromatic carbocycles. The van der Waals surface area contributed by atoms with Crippen LogP contribution in [0.15, 0.2) is 30.3 Å². The fourth-order valence-corrected chi connectivity index (χ4v) is 4.25. The van der Waals surface area contributed by atoms with E-state index in [1.807, 2.05) is 13.0 Å². The number of nitrogens with zero attached hydrogens (tertiary/aromatic N) is 2. The van der Waals surface area contributed by atoms with Gasteiger partial charge in [0, 0.05) is 18.0 Å². The predicted molar refractivity (Wildman–Crippen MR) is 97.0 cm³/mol. The van der Waals surface area contributed by atoms with Crippen LogP contribution in [0.25, 0.3) is 15.9 Å². The number of fused-ring (bicyclic) bond motifs is 1. The van der Waals surface area contributed by atoms with Gasteiger partial charge in [-0.2, -0.15) is 5.10 Å². The molecule has 1 unspecified atom stereocenters. The normalized spacial score (nSPS) is 17.3. The van der Waals surface area contributed by atoms with E-state index in [9.17, 15) is 9.18 Å². The van der Waals surface area contributed by atoms with Gasteiger partial charge in [-0.25, -0.2) is 9.07 Å². The minimum absolute atomic E-state index is 0.0556. The van der Waals surface area contributed by atoms with Crippen LogP contribution in [0.1, 0.15) is 28.2 Å². The fourth-order valence-electron chi connectivity index (χ4n) is 3.15. The van der Waals surface area contributed by atoms with Crippen molar-refractivity contribution in [2.75, 3.05) is 13.1 Å². The smallest absolute Gasteiger partial charge is 0.261 e. The molecule has 25 heavy (non-hydrogen) atoms. The van der Waals surface area contributed by atoms with Crippen LogP contribution in [0.3, 0.4) is 0 Å². The van der Waals surface area contributed by atoms with Gasteiger partial charge in [0.1, 0.15) is 10.6 Å². The summed E-state index contributed by atoms with van der Waals surface area (Å²) in [5, 5.41) is 11.9. The number of hydrogen-bond acceptors (Lipinski definition) is 4. The SMILES string of the molecule is Cc1nn(-c2ccc(F)cc2)c2sc(C(=O)NCC3CCCN3)cc12. The average molecular weight is 358 g/mol. The summed E-state index contributed by atoms with van der Waals surface area (Å²) in [7, 11) is 0. The molecule has 1 aliphatic heterocycles. The van der Waals surface area contributed by atoms with Crippen LogP contribution < -0.4 is 10.6 Å². The molecule has 130 valence electrons. The number of rotatable bonds is 4. The van der Waals surface area contributed by atoms with Crippen molar-refractivity contribution >= 4 is 27.5 Å². The third kappa shape index (κ3) is 3.17. The molecule has 1 saturated heterocycles. The molecule has 7 heteroatoms. The van der Waals surface area contributed by atoms with Crippen molar-refractivity contribution < 1.29 is 9.18 Å². The lowest BCUT2D eigenvalue weighted by Gasteiger charge is -2.10. The second-order valence-corrected chi connectivity index (χ2v) is 7.34. The zero-order chi connectivity index (χ0) is 17.4. The highest BCUT2D eigenvalue weighted by Crippen LogP contribution is 2.30. The zero-order valence-electron chi connectivity index (χ0n) is 13.9. The molecule has 0 saturated carbocycles. The highest BCUT2D eigenvalue weighted by Gasteiger charge is 2.19. The van der Waals surface area contributed by atoms with Crippen molar-refractivity contribution in [1.82, 2.24) is 20.4 Å². The summed E-state index contributed by atoms with van der Waals surface area (Å²) in [4.78, 5) is 14.0. The van der Waals surface area contributed by atoms with E-state index in [1.54, 1.807) is 16.8 Å². The van der Waals surface area contributed by atoms with E-state index in [0.29, 0.717) is 17.5 Å². The highest BCUT2D eigenvalue weighted by atomic mass is 32.1. The molecule has 2 aromatic heterocycles. The van der Waals surface area contributed by atoms with Crippen LogP contribution in [0, 0.1) is 12.7 Å². The molecule has 0 bridgehead atoms. The van der Waals surface area contributed by atoms with Crippen LogP contribution in [0.4, 0.5) is 4.39 Å². The third-order valence-corrected chi connectivity index (χ3v) is 5.62. The number of benzene rings is 1. The molecular formula is C18H19FN4OS. The van der Waals surface area contributed by atoms with Crippen molar-refractivity contribution in [1.29, 1.82) is 0 Å². The number of aryl methyl sites for hydroxylation is 1. The van der Waals surface area contributed by atoms with Gasteiger partial charge in [0.25, 0.3) is 5.91 Å². The molecule has 5 nitrogen and oxygen atoms in total. The second kappa shape index (κ2) is 6.57. The van der Waals surface area contributed by atoms with Gasteiger partial charge in [0.15, 0.2) is 0 Å². The Kier molecular flexibility index (Phi) is 4.27. The summed E-state index contributed by atoms with van der Waals surface area (Å²) in [5.41, 5.74) is 1.63. The Balaban J connectivity index is 1.60. The summed E-state index contributed by atoms with van der Waals surface area (Å²) in [5.74, 6) is -0.337. The minimum atomic E-state index is -0.282. The predicted octanol–water partition coefficient (Wildman–Crippen LogP) is 3.02. The zero-order valence-corrected chi connectivity index (χ0v) is 14.7.